The van der Waals surface area contributed by atoms with Crippen LogP contribution in [0.3, 0.4) is 0 Å². The van der Waals surface area contributed by atoms with Crippen LogP contribution in [0.25, 0.3) is 0 Å². The van der Waals surface area contributed by atoms with Crippen molar-refractivity contribution in [1.29, 1.82) is 0 Å². The molecule has 0 saturated heterocycles. The molecule has 0 aliphatic carbocycles. The molecule has 1 aromatic heterocycles. The number of nitrogens with zero attached hydrogens (tertiary/aromatic N) is 1. The number of halogens is 2. The van der Waals surface area contributed by atoms with Gasteiger partial charge in [-0.1, -0.05) is 0 Å². The minimum absolute atomic E-state index is 0.204. The lowest BCUT2D eigenvalue weighted by Crippen LogP contribution is -2.09. The van der Waals surface area contributed by atoms with E-state index in [1.165, 1.54) is 12.3 Å². The summed E-state index contributed by atoms with van der Waals surface area (Å²) in [5.74, 6) is -1.43. The largest absolute Gasteiger partial charge is 0.461 e. The van der Waals surface area contributed by atoms with E-state index in [2.05, 4.69) is 25.7 Å². The monoisotopic (exact) mass is 247 g/mol. The van der Waals surface area contributed by atoms with Crippen molar-refractivity contribution in [2.24, 2.45) is 0 Å². The van der Waals surface area contributed by atoms with Gasteiger partial charge in [-0.25, -0.2) is 14.2 Å². The first-order chi connectivity index (χ1) is 6.15. The number of esters is 1. The van der Waals surface area contributed by atoms with Crippen LogP contribution in [0.4, 0.5) is 4.39 Å². The number of carbonyl (C=O) groups is 1. The van der Waals surface area contributed by atoms with Gasteiger partial charge in [-0.05, 0) is 28.9 Å². The summed E-state index contributed by atoms with van der Waals surface area (Å²) in [6, 6.07) is 1.17. The third-order valence-electron chi connectivity index (χ3n) is 1.28. The molecule has 1 aromatic rings. The van der Waals surface area contributed by atoms with Crippen molar-refractivity contribution in [3.05, 3.63) is 28.2 Å². The molecule has 0 bridgehead atoms. The van der Waals surface area contributed by atoms with Gasteiger partial charge in [0.05, 0.1) is 6.61 Å². The van der Waals surface area contributed by atoms with Crippen molar-refractivity contribution in [3.63, 3.8) is 0 Å². The van der Waals surface area contributed by atoms with Crippen LogP contribution in [0.5, 0.6) is 0 Å². The molecule has 0 aliphatic rings. The highest BCUT2D eigenvalue weighted by Crippen LogP contribution is 2.12. The number of hydrogen-bond acceptors (Lipinski definition) is 3. The molecule has 13 heavy (non-hydrogen) atoms. The van der Waals surface area contributed by atoms with Crippen LogP contribution in [0.2, 0.25) is 0 Å². The van der Waals surface area contributed by atoms with Gasteiger partial charge in [0.2, 0.25) is 0 Å². The molecule has 0 saturated carbocycles. The zero-order valence-electron chi connectivity index (χ0n) is 6.88. The average molecular weight is 248 g/mol. The fourth-order valence-electron chi connectivity index (χ4n) is 0.764. The second kappa shape index (κ2) is 4.32. The standard InChI is InChI=1S/C8H7BrFNO2/c1-2-13-8(12)7-6(10)3-5(9)4-11-7/h3-4H,2H2,1H3. The number of pyridine rings is 1. The zero-order chi connectivity index (χ0) is 9.84. The number of aromatic nitrogens is 1. The molecule has 70 valence electrons. The third kappa shape index (κ3) is 2.48. The number of hydrogen-bond donors (Lipinski definition) is 0. The van der Waals surface area contributed by atoms with Gasteiger partial charge in [-0.2, -0.15) is 0 Å². The summed E-state index contributed by atoms with van der Waals surface area (Å²) in [7, 11) is 0. The minimum Gasteiger partial charge on any atom is -0.461 e. The Morgan fingerprint density at radius 3 is 3.00 bits per heavy atom. The van der Waals surface area contributed by atoms with E-state index in [0.717, 1.165) is 0 Å². The molecule has 0 atom stereocenters. The highest BCUT2D eigenvalue weighted by atomic mass is 79.9. The quantitative estimate of drug-likeness (QED) is 0.753. The minimum atomic E-state index is -0.743. The fraction of sp³-hybridized carbons (Fsp3) is 0.250. The van der Waals surface area contributed by atoms with E-state index in [1.807, 2.05) is 0 Å². The van der Waals surface area contributed by atoms with Crippen LogP contribution in [-0.4, -0.2) is 17.6 Å². The van der Waals surface area contributed by atoms with E-state index >= 15 is 0 Å². The zero-order valence-corrected chi connectivity index (χ0v) is 8.47. The fourth-order valence-corrected chi connectivity index (χ4v) is 1.07. The summed E-state index contributed by atoms with van der Waals surface area (Å²) in [5, 5.41) is 0. The Labute approximate surface area is 83.1 Å². The lowest BCUT2D eigenvalue weighted by molar-refractivity contribution is 0.0513. The molecule has 5 heteroatoms. The molecule has 0 aliphatic heterocycles. The molecule has 0 fully saturated rings. The maximum absolute atomic E-state index is 13.0. The third-order valence-corrected chi connectivity index (χ3v) is 1.71. The predicted octanol–water partition coefficient (Wildman–Crippen LogP) is 2.16. The number of ether oxygens (including phenoxy) is 1. The highest BCUT2D eigenvalue weighted by Gasteiger charge is 2.14. The Balaban J connectivity index is 2.95. The van der Waals surface area contributed by atoms with Crippen LogP contribution < -0.4 is 0 Å². The smallest absolute Gasteiger partial charge is 0.359 e. The summed E-state index contributed by atoms with van der Waals surface area (Å²) in [6.45, 7) is 1.85. The second-order valence-corrected chi connectivity index (χ2v) is 3.12. The molecule has 0 radical (unpaired) electrons. The van der Waals surface area contributed by atoms with E-state index < -0.39 is 11.8 Å². The normalized spacial score (nSPS) is 9.77. The van der Waals surface area contributed by atoms with Gasteiger partial charge in [-0.3, -0.25) is 0 Å². The van der Waals surface area contributed by atoms with E-state index in [9.17, 15) is 9.18 Å². The molecule has 0 N–H and O–H groups in total. The summed E-state index contributed by atoms with van der Waals surface area (Å²) in [4.78, 5) is 14.6. The maximum atomic E-state index is 13.0. The SMILES string of the molecule is CCOC(=O)c1ncc(Br)cc1F. The molecule has 1 heterocycles. The Morgan fingerprint density at radius 1 is 1.77 bits per heavy atom. The summed E-state index contributed by atoms with van der Waals surface area (Å²) in [6.07, 6.45) is 1.34. The molecule has 0 spiro atoms. The Hall–Kier alpha value is -0.970. The lowest BCUT2D eigenvalue weighted by Gasteiger charge is -2.01. The van der Waals surface area contributed by atoms with Crippen molar-refractivity contribution < 1.29 is 13.9 Å². The topological polar surface area (TPSA) is 39.2 Å². The number of rotatable bonds is 2. The van der Waals surface area contributed by atoms with Gasteiger partial charge < -0.3 is 4.74 Å². The van der Waals surface area contributed by atoms with Gasteiger partial charge >= 0.3 is 5.97 Å². The van der Waals surface area contributed by atoms with Gasteiger partial charge in [0, 0.05) is 10.7 Å². The first-order valence-electron chi connectivity index (χ1n) is 3.63. The van der Waals surface area contributed by atoms with Crippen LogP contribution >= 0.6 is 15.9 Å². The number of carbonyl (C=O) groups excluding carboxylic acids is 1. The van der Waals surface area contributed by atoms with Gasteiger partial charge in [-0.15, -0.1) is 0 Å². The van der Waals surface area contributed by atoms with Gasteiger partial charge in [0.15, 0.2) is 11.5 Å². The van der Waals surface area contributed by atoms with Crippen molar-refractivity contribution in [1.82, 2.24) is 4.98 Å². The second-order valence-electron chi connectivity index (χ2n) is 2.20. The Bertz CT molecular complexity index is 330. The Morgan fingerprint density at radius 2 is 2.46 bits per heavy atom. The Kier molecular flexibility index (Phi) is 3.36. The van der Waals surface area contributed by atoms with E-state index in [-0.39, 0.29) is 12.3 Å². The van der Waals surface area contributed by atoms with Crippen molar-refractivity contribution in [2.75, 3.05) is 6.61 Å². The molecular formula is C8H7BrFNO2. The molecule has 0 amide bonds. The van der Waals surface area contributed by atoms with Crippen molar-refractivity contribution in [3.8, 4) is 0 Å². The van der Waals surface area contributed by atoms with Crippen LogP contribution in [-0.2, 0) is 4.74 Å². The van der Waals surface area contributed by atoms with E-state index in [0.29, 0.717) is 4.47 Å². The van der Waals surface area contributed by atoms with E-state index in [1.54, 1.807) is 6.92 Å². The first kappa shape index (κ1) is 10.1. The summed E-state index contributed by atoms with van der Waals surface area (Å²) >= 11 is 3.03. The summed E-state index contributed by atoms with van der Waals surface area (Å²) in [5.41, 5.74) is -0.287. The molecule has 0 aromatic carbocycles. The highest BCUT2D eigenvalue weighted by molar-refractivity contribution is 9.10. The molecule has 3 nitrogen and oxygen atoms in total. The van der Waals surface area contributed by atoms with Gasteiger partial charge in [0.1, 0.15) is 0 Å². The van der Waals surface area contributed by atoms with Crippen LogP contribution in [0, 0.1) is 5.82 Å². The van der Waals surface area contributed by atoms with Crippen molar-refractivity contribution in [2.45, 2.75) is 6.92 Å². The van der Waals surface area contributed by atoms with Crippen LogP contribution in [0.15, 0.2) is 16.7 Å². The predicted molar refractivity (Wildman–Crippen MR) is 47.9 cm³/mol. The average Bonchev–Trinajstić information content (AvgIpc) is 2.04. The maximum Gasteiger partial charge on any atom is 0.359 e. The lowest BCUT2D eigenvalue weighted by atomic mass is 10.3. The van der Waals surface area contributed by atoms with Gasteiger partial charge in [0.25, 0.3) is 0 Å². The summed E-state index contributed by atoms with van der Waals surface area (Å²) < 4.78 is 18.1. The first-order valence-corrected chi connectivity index (χ1v) is 4.42. The molecule has 0 unspecified atom stereocenters. The molecular weight excluding hydrogens is 241 g/mol. The van der Waals surface area contributed by atoms with Crippen LogP contribution in [0.1, 0.15) is 17.4 Å². The van der Waals surface area contributed by atoms with Crippen molar-refractivity contribution >= 4 is 21.9 Å². The molecule has 1 rings (SSSR count). The van der Waals surface area contributed by atoms with E-state index in [4.69, 9.17) is 0 Å².